The third-order valence-electron chi connectivity index (χ3n) is 3.58. The zero-order chi connectivity index (χ0) is 13.0. The van der Waals surface area contributed by atoms with Gasteiger partial charge in [-0.1, -0.05) is 0 Å². The normalized spacial score (nSPS) is 23.9. The molecule has 1 heterocycles. The van der Waals surface area contributed by atoms with E-state index in [2.05, 4.69) is 34.3 Å². The van der Waals surface area contributed by atoms with E-state index in [0.29, 0.717) is 11.7 Å². The van der Waals surface area contributed by atoms with Crippen molar-refractivity contribution in [2.24, 2.45) is 0 Å². The van der Waals surface area contributed by atoms with Gasteiger partial charge in [0.25, 0.3) is 5.91 Å². The van der Waals surface area contributed by atoms with Gasteiger partial charge in [-0.2, -0.15) is 0 Å². The molecule has 1 aromatic rings. The van der Waals surface area contributed by atoms with Gasteiger partial charge in [0.15, 0.2) is 0 Å². The highest BCUT2D eigenvalue weighted by Gasteiger charge is 2.23. The second-order valence-electron chi connectivity index (χ2n) is 5.04. The van der Waals surface area contributed by atoms with E-state index < -0.39 is 0 Å². The smallest absolute Gasteiger partial charge is 0.270 e. The molecule has 1 aliphatic carbocycles. The molecular weight excluding hydrogens is 228 g/mol. The molecule has 0 saturated heterocycles. The fraction of sp³-hybridized carbons (Fsp3) is 0.615. The molecule has 1 aromatic heterocycles. The van der Waals surface area contributed by atoms with Crippen molar-refractivity contribution < 1.29 is 4.79 Å². The van der Waals surface area contributed by atoms with Crippen LogP contribution in [0.3, 0.4) is 0 Å². The van der Waals surface area contributed by atoms with Crippen LogP contribution in [0.2, 0.25) is 0 Å². The van der Waals surface area contributed by atoms with Crippen molar-refractivity contribution >= 4 is 5.91 Å². The van der Waals surface area contributed by atoms with Crippen LogP contribution >= 0.6 is 0 Å². The minimum absolute atomic E-state index is 0.0919. The lowest BCUT2D eigenvalue weighted by Gasteiger charge is -2.32. The molecule has 1 amide bonds. The first-order valence-corrected chi connectivity index (χ1v) is 6.40. The van der Waals surface area contributed by atoms with Gasteiger partial charge in [-0.25, -0.2) is 9.97 Å². The molecule has 18 heavy (non-hydrogen) atoms. The molecular formula is C13H20N4O. The van der Waals surface area contributed by atoms with Crippen molar-refractivity contribution in [1.29, 1.82) is 0 Å². The lowest BCUT2D eigenvalue weighted by molar-refractivity contribution is 0.0911. The quantitative estimate of drug-likeness (QED) is 0.869. The second kappa shape index (κ2) is 5.91. The molecule has 1 saturated carbocycles. The van der Waals surface area contributed by atoms with E-state index in [0.717, 1.165) is 25.7 Å². The van der Waals surface area contributed by atoms with Gasteiger partial charge in [0.05, 0.1) is 0 Å². The highest BCUT2D eigenvalue weighted by Crippen LogP contribution is 2.21. The summed E-state index contributed by atoms with van der Waals surface area (Å²) in [4.78, 5) is 21.9. The molecule has 0 spiro atoms. The van der Waals surface area contributed by atoms with Crippen molar-refractivity contribution in [3.63, 3.8) is 0 Å². The van der Waals surface area contributed by atoms with Crippen LogP contribution in [-0.2, 0) is 0 Å². The third-order valence-corrected chi connectivity index (χ3v) is 3.58. The first kappa shape index (κ1) is 13.0. The van der Waals surface area contributed by atoms with Crippen molar-refractivity contribution in [2.75, 3.05) is 14.1 Å². The van der Waals surface area contributed by atoms with Crippen molar-refractivity contribution in [3.8, 4) is 0 Å². The molecule has 1 fully saturated rings. The average Bonchev–Trinajstić information content (AvgIpc) is 2.40. The molecule has 98 valence electrons. The zero-order valence-corrected chi connectivity index (χ0v) is 11.0. The van der Waals surface area contributed by atoms with E-state index in [1.807, 2.05) is 0 Å². The fourth-order valence-electron chi connectivity index (χ4n) is 2.42. The molecule has 5 heteroatoms. The highest BCUT2D eigenvalue weighted by atomic mass is 16.1. The number of hydrogen-bond acceptors (Lipinski definition) is 4. The SMILES string of the molecule is CN(C)C1CCC(NC(=O)c2ccncn2)CC1. The molecule has 1 aliphatic rings. The van der Waals surface area contributed by atoms with Gasteiger partial charge in [-0.3, -0.25) is 4.79 Å². The van der Waals surface area contributed by atoms with Crippen LogP contribution in [0.4, 0.5) is 0 Å². The van der Waals surface area contributed by atoms with Crippen LogP contribution in [-0.4, -0.2) is 47.0 Å². The number of aromatic nitrogens is 2. The van der Waals surface area contributed by atoms with Crippen LogP contribution in [0, 0.1) is 0 Å². The summed E-state index contributed by atoms with van der Waals surface area (Å²) >= 11 is 0. The summed E-state index contributed by atoms with van der Waals surface area (Å²) in [6.45, 7) is 0. The van der Waals surface area contributed by atoms with E-state index in [1.54, 1.807) is 12.3 Å². The first-order valence-electron chi connectivity index (χ1n) is 6.40. The number of hydrogen-bond donors (Lipinski definition) is 1. The van der Waals surface area contributed by atoms with Crippen LogP contribution in [0.5, 0.6) is 0 Å². The molecule has 0 aromatic carbocycles. The van der Waals surface area contributed by atoms with Gasteiger partial charge in [0, 0.05) is 18.3 Å². The summed E-state index contributed by atoms with van der Waals surface area (Å²) in [5.74, 6) is -0.0919. The Kier molecular flexibility index (Phi) is 4.25. The molecule has 0 radical (unpaired) electrons. The number of nitrogens with one attached hydrogen (secondary N) is 1. The van der Waals surface area contributed by atoms with E-state index in [9.17, 15) is 4.79 Å². The topological polar surface area (TPSA) is 58.1 Å². The zero-order valence-electron chi connectivity index (χ0n) is 11.0. The van der Waals surface area contributed by atoms with Gasteiger partial charge in [0.1, 0.15) is 12.0 Å². The Balaban J connectivity index is 1.83. The summed E-state index contributed by atoms with van der Waals surface area (Å²) in [7, 11) is 4.23. The molecule has 0 atom stereocenters. The summed E-state index contributed by atoms with van der Waals surface area (Å²) < 4.78 is 0. The Hall–Kier alpha value is -1.49. The number of amides is 1. The van der Waals surface area contributed by atoms with Crippen LogP contribution in [0.25, 0.3) is 0 Å². The predicted octanol–water partition coefficient (Wildman–Crippen LogP) is 1.08. The van der Waals surface area contributed by atoms with Gasteiger partial charge in [-0.15, -0.1) is 0 Å². The Morgan fingerprint density at radius 3 is 2.61 bits per heavy atom. The number of carbonyl (C=O) groups excluding carboxylic acids is 1. The highest BCUT2D eigenvalue weighted by molar-refractivity contribution is 5.92. The van der Waals surface area contributed by atoms with Gasteiger partial charge < -0.3 is 10.2 Å². The van der Waals surface area contributed by atoms with Crippen molar-refractivity contribution in [1.82, 2.24) is 20.2 Å². The molecule has 2 rings (SSSR count). The maximum Gasteiger partial charge on any atom is 0.270 e. The standard InChI is InChI=1S/C13H20N4O/c1-17(2)11-5-3-10(4-6-11)16-13(18)12-7-8-14-9-15-12/h7-11H,3-6H2,1-2H3,(H,16,18). The van der Waals surface area contributed by atoms with Crippen LogP contribution in [0.1, 0.15) is 36.2 Å². The summed E-state index contributed by atoms with van der Waals surface area (Å²) in [5, 5.41) is 3.05. The van der Waals surface area contributed by atoms with E-state index in [-0.39, 0.29) is 11.9 Å². The molecule has 0 bridgehead atoms. The Morgan fingerprint density at radius 1 is 1.33 bits per heavy atom. The molecule has 5 nitrogen and oxygen atoms in total. The number of nitrogens with zero attached hydrogens (tertiary/aromatic N) is 3. The number of rotatable bonds is 3. The summed E-state index contributed by atoms with van der Waals surface area (Å²) in [5.41, 5.74) is 0.444. The molecule has 1 N–H and O–H groups in total. The maximum atomic E-state index is 11.9. The minimum atomic E-state index is -0.0919. The average molecular weight is 248 g/mol. The van der Waals surface area contributed by atoms with Gasteiger partial charge >= 0.3 is 0 Å². The van der Waals surface area contributed by atoms with E-state index in [4.69, 9.17) is 0 Å². The summed E-state index contributed by atoms with van der Waals surface area (Å²) in [6, 6.07) is 2.57. The maximum absolute atomic E-state index is 11.9. The number of carbonyl (C=O) groups is 1. The second-order valence-corrected chi connectivity index (χ2v) is 5.04. The van der Waals surface area contributed by atoms with E-state index >= 15 is 0 Å². The fourth-order valence-corrected chi connectivity index (χ4v) is 2.42. The van der Waals surface area contributed by atoms with Gasteiger partial charge in [0.2, 0.25) is 0 Å². The molecule has 0 aliphatic heterocycles. The Labute approximate surface area is 108 Å². The third kappa shape index (κ3) is 3.26. The lowest BCUT2D eigenvalue weighted by atomic mass is 9.90. The van der Waals surface area contributed by atoms with Crippen molar-refractivity contribution in [3.05, 3.63) is 24.3 Å². The minimum Gasteiger partial charge on any atom is -0.348 e. The lowest BCUT2D eigenvalue weighted by Crippen LogP contribution is -2.42. The van der Waals surface area contributed by atoms with E-state index in [1.165, 1.54) is 6.33 Å². The summed E-state index contributed by atoms with van der Waals surface area (Å²) in [6.07, 6.45) is 7.35. The largest absolute Gasteiger partial charge is 0.348 e. The Bertz CT molecular complexity index is 385. The predicted molar refractivity (Wildman–Crippen MR) is 69.2 cm³/mol. The molecule has 0 unspecified atom stereocenters. The monoisotopic (exact) mass is 248 g/mol. The van der Waals surface area contributed by atoms with Crippen LogP contribution in [0.15, 0.2) is 18.6 Å². The van der Waals surface area contributed by atoms with Crippen LogP contribution < -0.4 is 5.32 Å². The van der Waals surface area contributed by atoms with Gasteiger partial charge in [-0.05, 0) is 45.8 Å². The Morgan fingerprint density at radius 2 is 2.06 bits per heavy atom. The van der Waals surface area contributed by atoms with Crippen molar-refractivity contribution in [2.45, 2.75) is 37.8 Å². The first-order chi connectivity index (χ1) is 8.66.